The van der Waals surface area contributed by atoms with Crippen LogP contribution in [0.4, 0.5) is 11.4 Å². The van der Waals surface area contributed by atoms with Gasteiger partial charge in [-0.3, -0.25) is 9.52 Å². The van der Waals surface area contributed by atoms with Crippen molar-refractivity contribution in [3.63, 3.8) is 0 Å². The highest BCUT2D eigenvalue weighted by atomic mass is 32.2. The predicted octanol–water partition coefficient (Wildman–Crippen LogP) is 3.63. The Hall–Kier alpha value is -3.85. The minimum absolute atomic E-state index is 0.0179. The van der Waals surface area contributed by atoms with Gasteiger partial charge in [0.2, 0.25) is 0 Å². The SMILES string of the molecule is COc1ccccc1NS(=O)(=O)c1cccc(C(=O)OC(C)C(=O)N2CCc3ccccc32)c1. The highest BCUT2D eigenvalue weighted by Gasteiger charge is 2.30. The first-order valence-electron chi connectivity index (χ1n) is 10.7. The number of fused-ring (bicyclic) bond motifs is 1. The summed E-state index contributed by atoms with van der Waals surface area (Å²) in [5.41, 5.74) is 2.16. The van der Waals surface area contributed by atoms with Gasteiger partial charge in [0, 0.05) is 12.2 Å². The fourth-order valence-electron chi connectivity index (χ4n) is 3.79. The Kier molecular flexibility index (Phi) is 6.56. The molecule has 1 aliphatic heterocycles. The molecule has 1 atom stereocenters. The first-order valence-corrected chi connectivity index (χ1v) is 12.1. The summed E-state index contributed by atoms with van der Waals surface area (Å²) in [4.78, 5) is 27.1. The zero-order chi connectivity index (χ0) is 24.3. The molecule has 0 saturated heterocycles. The lowest BCUT2D eigenvalue weighted by atomic mass is 10.2. The van der Waals surface area contributed by atoms with Crippen LogP contribution in [0, 0.1) is 0 Å². The third kappa shape index (κ3) is 4.74. The average molecular weight is 481 g/mol. The van der Waals surface area contributed by atoms with Crippen LogP contribution < -0.4 is 14.4 Å². The van der Waals surface area contributed by atoms with E-state index in [0.29, 0.717) is 12.3 Å². The Labute approximate surface area is 198 Å². The van der Waals surface area contributed by atoms with E-state index in [4.69, 9.17) is 9.47 Å². The van der Waals surface area contributed by atoms with Gasteiger partial charge in [-0.1, -0.05) is 36.4 Å². The number of rotatable bonds is 7. The molecule has 0 bridgehead atoms. The zero-order valence-electron chi connectivity index (χ0n) is 18.7. The smallest absolute Gasteiger partial charge is 0.338 e. The summed E-state index contributed by atoms with van der Waals surface area (Å²) >= 11 is 0. The molecule has 0 aliphatic carbocycles. The van der Waals surface area contributed by atoms with E-state index in [9.17, 15) is 18.0 Å². The second-order valence-corrected chi connectivity index (χ2v) is 9.43. The molecular formula is C25H24N2O6S. The highest BCUT2D eigenvalue weighted by molar-refractivity contribution is 7.92. The van der Waals surface area contributed by atoms with Crippen LogP contribution >= 0.6 is 0 Å². The summed E-state index contributed by atoms with van der Waals surface area (Å²) in [7, 11) is -2.57. The van der Waals surface area contributed by atoms with Crippen LogP contribution in [0.1, 0.15) is 22.8 Å². The third-order valence-corrected chi connectivity index (χ3v) is 6.88. The Morgan fingerprint density at radius 1 is 1.00 bits per heavy atom. The molecule has 0 aromatic heterocycles. The van der Waals surface area contributed by atoms with E-state index >= 15 is 0 Å². The number of benzene rings is 3. The van der Waals surface area contributed by atoms with Crippen LogP contribution in [0.3, 0.4) is 0 Å². The van der Waals surface area contributed by atoms with Crippen molar-refractivity contribution in [2.75, 3.05) is 23.3 Å². The van der Waals surface area contributed by atoms with E-state index in [0.717, 1.165) is 17.7 Å². The molecule has 34 heavy (non-hydrogen) atoms. The van der Waals surface area contributed by atoms with Crippen LogP contribution in [-0.4, -0.2) is 40.1 Å². The second kappa shape index (κ2) is 9.56. The van der Waals surface area contributed by atoms with Gasteiger partial charge in [0.25, 0.3) is 15.9 Å². The first kappa shape index (κ1) is 23.3. The number of amides is 1. The van der Waals surface area contributed by atoms with Crippen molar-refractivity contribution in [2.24, 2.45) is 0 Å². The molecule has 8 nitrogen and oxygen atoms in total. The summed E-state index contributed by atoms with van der Waals surface area (Å²) in [6, 6.07) is 19.6. The number of anilines is 2. The third-order valence-electron chi connectivity index (χ3n) is 5.52. The van der Waals surface area contributed by atoms with Crippen molar-refractivity contribution in [1.82, 2.24) is 0 Å². The molecule has 4 rings (SSSR count). The van der Waals surface area contributed by atoms with Gasteiger partial charge in [0.1, 0.15) is 5.75 Å². The van der Waals surface area contributed by atoms with Crippen molar-refractivity contribution >= 4 is 33.3 Å². The molecule has 3 aromatic carbocycles. The summed E-state index contributed by atoms with van der Waals surface area (Å²) in [6.45, 7) is 2.02. The molecule has 0 saturated carbocycles. The van der Waals surface area contributed by atoms with Crippen LogP contribution in [0.5, 0.6) is 5.75 Å². The number of nitrogens with one attached hydrogen (secondary N) is 1. The normalized spacial score (nSPS) is 13.6. The van der Waals surface area contributed by atoms with Gasteiger partial charge < -0.3 is 14.4 Å². The molecule has 1 aliphatic rings. The molecule has 1 unspecified atom stereocenters. The fraction of sp³-hybridized carbons (Fsp3) is 0.200. The van der Waals surface area contributed by atoms with Crippen molar-refractivity contribution in [3.05, 3.63) is 83.9 Å². The van der Waals surface area contributed by atoms with Crippen LogP contribution in [0.25, 0.3) is 0 Å². The topological polar surface area (TPSA) is 102 Å². The van der Waals surface area contributed by atoms with Crippen molar-refractivity contribution in [3.8, 4) is 5.75 Å². The second-order valence-electron chi connectivity index (χ2n) is 7.75. The Bertz CT molecular complexity index is 1340. The number of nitrogens with zero attached hydrogens (tertiary/aromatic N) is 1. The number of para-hydroxylation sites is 3. The Balaban J connectivity index is 1.48. The quantitative estimate of drug-likeness (QED) is 0.518. The monoisotopic (exact) mass is 480 g/mol. The minimum atomic E-state index is -4.01. The Morgan fingerprint density at radius 3 is 2.53 bits per heavy atom. The molecular weight excluding hydrogens is 456 g/mol. The molecule has 1 heterocycles. The van der Waals surface area contributed by atoms with Gasteiger partial charge in [0.05, 0.1) is 23.3 Å². The van der Waals surface area contributed by atoms with E-state index in [1.54, 1.807) is 29.2 Å². The lowest BCUT2D eigenvalue weighted by Gasteiger charge is -2.21. The maximum atomic E-state index is 12.9. The number of hydrogen-bond acceptors (Lipinski definition) is 6. The van der Waals surface area contributed by atoms with Crippen LogP contribution in [0.15, 0.2) is 77.7 Å². The van der Waals surface area contributed by atoms with Crippen LogP contribution in [0.2, 0.25) is 0 Å². The highest BCUT2D eigenvalue weighted by Crippen LogP contribution is 2.29. The van der Waals surface area contributed by atoms with E-state index < -0.39 is 22.1 Å². The number of sulfonamides is 1. The lowest BCUT2D eigenvalue weighted by molar-refractivity contribution is -0.126. The Morgan fingerprint density at radius 2 is 1.74 bits per heavy atom. The maximum Gasteiger partial charge on any atom is 0.338 e. The minimum Gasteiger partial charge on any atom is -0.495 e. The molecule has 0 spiro atoms. The van der Waals surface area contributed by atoms with Crippen LogP contribution in [-0.2, 0) is 26.0 Å². The number of esters is 1. The fourth-order valence-corrected chi connectivity index (χ4v) is 4.90. The van der Waals surface area contributed by atoms with E-state index in [1.165, 1.54) is 38.3 Å². The van der Waals surface area contributed by atoms with Gasteiger partial charge in [-0.2, -0.15) is 0 Å². The number of methoxy groups -OCH3 is 1. The van der Waals surface area contributed by atoms with Gasteiger partial charge >= 0.3 is 5.97 Å². The molecule has 176 valence electrons. The van der Waals surface area contributed by atoms with E-state index in [2.05, 4.69) is 4.72 Å². The lowest BCUT2D eigenvalue weighted by Crippen LogP contribution is -2.39. The average Bonchev–Trinajstić information content (AvgIpc) is 3.28. The summed E-state index contributed by atoms with van der Waals surface area (Å²) in [5, 5.41) is 0. The van der Waals surface area contributed by atoms with Gasteiger partial charge in [-0.05, 0) is 55.3 Å². The van der Waals surface area contributed by atoms with E-state index in [1.807, 2.05) is 24.3 Å². The summed E-state index contributed by atoms with van der Waals surface area (Å²) < 4.78 is 38.8. The van der Waals surface area contributed by atoms with Crippen molar-refractivity contribution in [2.45, 2.75) is 24.3 Å². The predicted molar refractivity (Wildman–Crippen MR) is 128 cm³/mol. The number of ether oxygens (including phenoxy) is 2. The molecule has 1 amide bonds. The number of carbonyl (C=O) groups is 2. The maximum absolute atomic E-state index is 12.9. The molecule has 0 fully saturated rings. The van der Waals surface area contributed by atoms with Crippen molar-refractivity contribution in [1.29, 1.82) is 0 Å². The first-order chi connectivity index (χ1) is 16.3. The molecule has 0 radical (unpaired) electrons. The number of hydrogen-bond donors (Lipinski definition) is 1. The van der Waals surface area contributed by atoms with Gasteiger partial charge in [-0.25, -0.2) is 13.2 Å². The standard InChI is InChI=1S/C25H24N2O6S/c1-17(24(28)27-15-14-18-8-3-5-12-22(18)27)33-25(29)19-9-7-10-20(16-19)34(30,31)26-21-11-4-6-13-23(21)32-2/h3-13,16-17,26H,14-15H2,1-2H3. The molecule has 1 N–H and O–H groups in total. The number of carbonyl (C=O) groups excluding carboxylic acids is 2. The molecule has 9 heteroatoms. The largest absolute Gasteiger partial charge is 0.495 e. The van der Waals surface area contributed by atoms with E-state index in [-0.39, 0.29) is 22.1 Å². The van der Waals surface area contributed by atoms with Gasteiger partial charge in [-0.15, -0.1) is 0 Å². The zero-order valence-corrected chi connectivity index (χ0v) is 19.5. The van der Waals surface area contributed by atoms with Gasteiger partial charge in [0.15, 0.2) is 6.10 Å². The van der Waals surface area contributed by atoms with Crippen molar-refractivity contribution < 1.29 is 27.5 Å². The summed E-state index contributed by atoms with van der Waals surface area (Å²) in [5.74, 6) is -0.764. The summed E-state index contributed by atoms with van der Waals surface area (Å²) in [6.07, 6.45) is -0.299. The molecule has 3 aromatic rings.